The van der Waals surface area contributed by atoms with E-state index in [9.17, 15) is 15.2 Å². The van der Waals surface area contributed by atoms with Crippen LogP contribution in [0.5, 0.6) is 0 Å². The quantitative estimate of drug-likeness (QED) is 0.633. The van der Waals surface area contributed by atoms with Gasteiger partial charge >= 0.3 is 5.97 Å². The van der Waals surface area contributed by atoms with Crippen molar-refractivity contribution in [1.29, 1.82) is 5.26 Å². The van der Waals surface area contributed by atoms with E-state index >= 15 is 0 Å². The molecule has 0 amide bonds. The van der Waals surface area contributed by atoms with Crippen LogP contribution in [0.4, 0.5) is 5.00 Å². The molecule has 0 bridgehead atoms. The Morgan fingerprint density at radius 1 is 1.22 bits per heavy atom. The molecule has 0 aliphatic heterocycles. The number of carboxylic acid groups (broad SMARTS) is 1. The van der Waals surface area contributed by atoms with Crippen molar-refractivity contribution in [3.8, 4) is 17.4 Å². The predicted octanol–water partition coefficient (Wildman–Crippen LogP) is 5.21. The summed E-state index contributed by atoms with van der Waals surface area (Å²) < 4.78 is 5.77. The summed E-state index contributed by atoms with van der Waals surface area (Å²) in [7, 11) is 0. The van der Waals surface area contributed by atoms with Crippen molar-refractivity contribution in [2.24, 2.45) is 4.99 Å². The number of aliphatic imine (C=N–C) groups is 1. The molecular formula is C21H16N2O3S. The number of carbonyl (C=O) groups is 1. The molecule has 2 aromatic heterocycles. The number of thiophene rings is 1. The maximum absolute atomic E-state index is 11.4. The van der Waals surface area contributed by atoms with E-state index in [2.05, 4.69) is 11.1 Å². The molecular weight excluding hydrogens is 360 g/mol. The van der Waals surface area contributed by atoms with Gasteiger partial charge in [0.15, 0.2) is 0 Å². The van der Waals surface area contributed by atoms with Crippen molar-refractivity contribution in [2.75, 3.05) is 0 Å². The second-order valence-electron chi connectivity index (χ2n) is 6.31. The molecule has 4 rings (SSSR count). The SMILES string of the molecule is N#Cc1c(/N=C/c2ccc(-c3ccccc3C(=O)O)o2)sc2c1CCCC2. The first kappa shape index (κ1) is 17.3. The lowest BCUT2D eigenvalue weighted by Gasteiger charge is -2.09. The third-order valence-electron chi connectivity index (χ3n) is 4.62. The number of rotatable bonds is 4. The van der Waals surface area contributed by atoms with E-state index in [1.807, 2.05) is 0 Å². The standard InChI is InChI=1S/C21H16N2O3S/c22-11-17-15-6-3-4-8-19(15)27-20(17)23-12-13-9-10-18(26-13)14-5-1-2-7-16(14)21(24)25/h1-2,5,7,9-10,12H,3-4,6,8H2,(H,24,25)/b23-12+. The highest BCUT2D eigenvalue weighted by atomic mass is 32.1. The van der Waals surface area contributed by atoms with Gasteiger partial charge in [0.2, 0.25) is 0 Å². The van der Waals surface area contributed by atoms with Crippen LogP contribution in [0.3, 0.4) is 0 Å². The van der Waals surface area contributed by atoms with Gasteiger partial charge in [0, 0.05) is 10.4 Å². The van der Waals surface area contributed by atoms with Crippen molar-refractivity contribution < 1.29 is 14.3 Å². The molecule has 5 nitrogen and oxygen atoms in total. The van der Waals surface area contributed by atoms with E-state index in [1.54, 1.807) is 53.9 Å². The lowest BCUT2D eigenvalue weighted by atomic mass is 9.96. The molecule has 1 aliphatic carbocycles. The fourth-order valence-electron chi connectivity index (χ4n) is 3.33. The van der Waals surface area contributed by atoms with Crippen molar-refractivity contribution in [3.05, 3.63) is 63.7 Å². The van der Waals surface area contributed by atoms with Crippen LogP contribution in [0.2, 0.25) is 0 Å². The van der Waals surface area contributed by atoms with E-state index < -0.39 is 5.97 Å². The zero-order valence-electron chi connectivity index (χ0n) is 14.4. The Hall–Kier alpha value is -3.17. The molecule has 0 atom stereocenters. The number of benzene rings is 1. The van der Waals surface area contributed by atoms with Gasteiger partial charge in [-0.25, -0.2) is 9.79 Å². The number of aromatic carboxylic acids is 1. The highest BCUT2D eigenvalue weighted by molar-refractivity contribution is 7.16. The molecule has 27 heavy (non-hydrogen) atoms. The molecule has 0 saturated carbocycles. The molecule has 0 radical (unpaired) electrons. The monoisotopic (exact) mass is 376 g/mol. The third kappa shape index (κ3) is 3.29. The van der Waals surface area contributed by atoms with Gasteiger partial charge in [0.25, 0.3) is 0 Å². The normalized spacial score (nSPS) is 13.4. The largest absolute Gasteiger partial charge is 0.478 e. The Labute approximate surface area is 160 Å². The minimum Gasteiger partial charge on any atom is -0.478 e. The fourth-order valence-corrected chi connectivity index (χ4v) is 4.51. The number of hydrogen-bond donors (Lipinski definition) is 1. The number of hydrogen-bond acceptors (Lipinski definition) is 5. The Balaban J connectivity index is 1.64. The molecule has 1 aromatic carbocycles. The molecule has 6 heteroatoms. The molecule has 1 N–H and O–H groups in total. The number of aryl methyl sites for hydroxylation is 1. The summed E-state index contributed by atoms with van der Waals surface area (Å²) >= 11 is 1.58. The topological polar surface area (TPSA) is 86.6 Å². The summed E-state index contributed by atoms with van der Waals surface area (Å²) in [6, 6.07) is 12.5. The Kier molecular flexibility index (Phi) is 4.61. The first-order chi connectivity index (χ1) is 13.2. The maximum atomic E-state index is 11.4. The summed E-state index contributed by atoms with van der Waals surface area (Å²) in [5, 5.41) is 19.5. The number of nitriles is 1. The smallest absolute Gasteiger partial charge is 0.336 e. The highest BCUT2D eigenvalue weighted by Crippen LogP contribution is 2.39. The van der Waals surface area contributed by atoms with Crippen molar-refractivity contribution in [1.82, 2.24) is 0 Å². The van der Waals surface area contributed by atoms with E-state index in [-0.39, 0.29) is 5.56 Å². The lowest BCUT2D eigenvalue weighted by Crippen LogP contribution is -1.99. The van der Waals surface area contributed by atoms with Crippen LogP contribution in [-0.4, -0.2) is 17.3 Å². The first-order valence-corrected chi connectivity index (χ1v) is 9.50. The Morgan fingerprint density at radius 2 is 2.04 bits per heavy atom. The average molecular weight is 376 g/mol. The number of fused-ring (bicyclic) bond motifs is 1. The van der Waals surface area contributed by atoms with Gasteiger partial charge in [-0.2, -0.15) is 5.26 Å². The average Bonchev–Trinajstić information content (AvgIpc) is 3.30. The molecule has 3 aromatic rings. The Morgan fingerprint density at radius 3 is 2.85 bits per heavy atom. The summed E-state index contributed by atoms with van der Waals surface area (Å²) in [5.41, 5.74) is 2.53. The van der Waals surface area contributed by atoms with E-state index in [0.717, 1.165) is 31.2 Å². The van der Waals surface area contributed by atoms with Gasteiger partial charge in [-0.3, -0.25) is 0 Å². The number of furan rings is 1. The zero-order valence-corrected chi connectivity index (χ0v) is 15.3. The molecule has 2 heterocycles. The van der Waals surface area contributed by atoms with Crippen molar-refractivity contribution in [2.45, 2.75) is 25.7 Å². The predicted molar refractivity (Wildman–Crippen MR) is 104 cm³/mol. The summed E-state index contributed by atoms with van der Waals surface area (Å²) in [5.74, 6) is -0.0130. The molecule has 0 spiro atoms. The van der Waals surface area contributed by atoms with Gasteiger partial charge < -0.3 is 9.52 Å². The summed E-state index contributed by atoms with van der Waals surface area (Å²) in [4.78, 5) is 17.1. The van der Waals surface area contributed by atoms with Gasteiger partial charge in [0.05, 0.1) is 17.3 Å². The minimum atomic E-state index is -1.000. The van der Waals surface area contributed by atoms with Crippen LogP contribution in [-0.2, 0) is 12.8 Å². The minimum absolute atomic E-state index is 0.188. The van der Waals surface area contributed by atoms with E-state index in [1.165, 1.54) is 4.88 Å². The van der Waals surface area contributed by atoms with Crippen LogP contribution >= 0.6 is 11.3 Å². The molecule has 0 fully saturated rings. The zero-order chi connectivity index (χ0) is 18.8. The number of nitrogens with zero attached hydrogens (tertiary/aromatic N) is 2. The molecule has 0 unspecified atom stereocenters. The first-order valence-electron chi connectivity index (χ1n) is 8.68. The van der Waals surface area contributed by atoms with Gasteiger partial charge in [-0.1, -0.05) is 18.2 Å². The van der Waals surface area contributed by atoms with Crippen LogP contribution in [0.1, 0.15) is 45.0 Å². The fraction of sp³-hybridized carbons (Fsp3) is 0.190. The second-order valence-corrected chi connectivity index (χ2v) is 7.40. The van der Waals surface area contributed by atoms with Crippen LogP contribution in [0, 0.1) is 11.3 Å². The van der Waals surface area contributed by atoms with Gasteiger partial charge in [-0.15, -0.1) is 11.3 Å². The molecule has 0 saturated heterocycles. The van der Waals surface area contributed by atoms with Crippen molar-refractivity contribution >= 4 is 28.5 Å². The highest BCUT2D eigenvalue weighted by Gasteiger charge is 2.20. The summed E-state index contributed by atoms with van der Waals surface area (Å²) in [6.45, 7) is 0. The van der Waals surface area contributed by atoms with Crippen LogP contribution in [0.25, 0.3) is 11.3 Å². The van der Waals surface area contributed by atoms with E-state index in [0.29, 0.717) is 27.6 Å². The van der Waals surface area contributed by atoms with Crippen molar-refractivity contribution in [3.63, 3.8) is 0 Å². The Bertz CT molecular complexity index is 1090. The molecule has 134 valence electrons. The van der Waals surface area contributed by atoms with Crippen LogP contribution < -0.4 is 0 Å². The third-order valence-corrected chi connectivity index (χ3v) is 5.82. The van der Waals surface area contributed by atoms with Gasteiger partial charge in [-0.05, 0) is 49.4 Å². The van der Waals surface area contributed by atoms with Crippen LogP contribution in [0.15, 0.2) is 45.8 Å². The van der Waals surface area contributed by atoms with E-state index in [4.69, 9.17) is 4.42 Å². The second kappa shape index (κ2) is 7.22. The van der Waals surface area contributed by atoms with Gasteiger partial charge in [0.1, 0.15) is 22.6 Å². The summed E-state index contributed by atoms with van der Waals surface area (Å²) in [6.07, 6.45) is 5.82. The lowest BCUT2D eigenvalue weighted by molar-refractivity contribution is 0.0697. The maximum Gasteiger partial charge on any atom is 0.336 e. The molecule has 1 aliphatic rings. The number of carboxylic acids is 1.